The fraction of sp³-hybridized carbons (Fsp3) is 0.360. The molecule has 0 spiro atoms. The van der Waals surface area contributed by atoms with Crippen molar-refractivity contribution in [3.8, 4) is 11.3 Å². The lowest BCUT2D eigenvalue weighted by atomic mass is 10.0. The fourth-order valence-electron chi connectivity index (χ4n) is 5.22. The summed E-state index contributed by atoms with van der Waals surface area (Å²) in [4.78, 5) is 29.9. The van der Waals surface area contributed by atoms with Gasteiger partial charge in [-0.25, -0.2) is 9.78 Å². The maximum absolute atomic E-state index is 13.2. The van der Waals surface area contributed by atoms with Gasteiger partial charge < -0.3 is 19.3 Å². The minimum Gasteiger partial charge on any atom is -0.477 e. The number of fused-ring (bicyclic) bond motifs is 2. The van der Waals surface area contributed by atoms with E-state index < -0.39 is 5.97 Å². The van der Waals surface area contributed by atoms with E-state index in [1.165, 1.54) is 12.3 Å². The Morgan fingerprint density at radius 3 is 2.57 bits per heavy atom. The number of ether oxygens (including phenoxy) is 1. The lowest BCUT2D eigenvalue weighted by molar-refractivity contribution is -0.126. The van der Waals surface area contributed by atoms with E-state index in [2.05, 4.69) is 10.1 Å². The Kier molecular flexibility index (Phi) is 5.55. The summed E-state index contributed by atoms with van der Waals surface area (Å²) in [5.41, 5.74) is 2.60. The number of aromatic nitrogens is 2. The molecule has 1 N–H and O–H groups in total. The number of carbonyl (C=O) groups is 2. The van der Waals surface area contributed by atoms with Gasteiger partial charge in [0.25, 0.3) is 0 Å². The second kappa shape index (κ2) is 8.62. The molecule has 35 heavy (non-hydrogen) atoms. The average molecular weight is 514 g/mol. The number of amides is 1. The second-order valence-electron chi connectivity index (χ2n) is 9.24. The van der Waals surface area contributed by atoms with Crippen molar-refractivity contribution in [1.29, 1.82) is 0 Å². The smallest absolute Gasteiger partial charge is 0.354 e. The monoisotopic (exact) mass is 513 g/mol. The van der Waals surface area contributed by atoms with Crippen molar-refractivity contribution in [3.05, 3.63) is 63.6 Å². The molecule has 1 aliphatic heterocycles. The zero-order valence-electron chi connectivity index (χ0n) is 18.5. The Balaban J connectivity index is 1.21. The van der Waals surface area contributed by atoms with Crippen LogP contribution in [-0.4, -0.2) is 39.3 Å². The highest BCUT2D eigenvalue weighted by Gasteiger charge is 2.52. The van der Waals surface area contributed by atoms with Gasteiger partial charge in [0.2, 0.25) is 5.91 Å². The molecule has 6 rings (SSSR count). The number of aromatic carboxylic acids is 1. The molecule has 2 saturated carbocycles. The number of nitrogens with zero attached hydrogens (tertiary/aromatic N) is 3. The first-order chi connectivity index (χ1) is 16.9. The number of piperidine rings is 1. The predicted molar refractivity (Wildman–Crippen MR) is 128 cm³/mol. The Bertz CT molecular complexity index is 1300. The van der Waals surface area contributed by atoms with Crippen LogP contribution in [0.4, 0.5) is 5.69 Å². The van der Waals surface area contributed by atoms with Crippen LogP contribution < -0.4 is 4.90 Å². The van der Waals surface area contributed by atoms with Gasteiger partial charge >= 0.3 is 5.97 Å². The quantitative estimate of drug-likeness (QED) is 0.454. The standard InChI is InChI=1S/C25H21Cl2N3O5/c26-17-2-1-3-18(27)21(17)22-16(23(35-29-22)12-4-5-12)11-34-20-9-14-8-15(20)24(31)30(14)13-6-7-19(25(32)33)28-10-13/h1-3,6-7,10,12,14-15,20H,4-5,8-9,11H2,(H,32,33)/t14-,15+,20+/m0/s1. The molecule has 3 atom stereocenters. The molecular formula is C25H21Cl2N3O5. The number of pyridine rings is 1. The van der Waals surface area contributed by atoms with E-state index in [-0.39, 0.29) is 36.3 Å². The normalized spacial score (nSPS) is 23.3. The van der Waals surface area contributed by atoms with E-state index >= 15 is 0 Å². The predicted octanol–water partition coefficient (Wildman–Crippen LogP) is 5.33. The molecule has 0 radical (unpaired) electrons. The van der Waals surface area contributed by atoms with Crippen LogP contribution in [0.5, 0.6) is 0 Å². The zero-order valence-corrected chi connectivity index (χ0v) is 20.0. The van der Waals surface area contributed by atoms with E-state index in [0.29, 0.717) is 45.7 Å². The third-order valence-corrected chi connectivity index (χ3v) is 7.68. The third-order valence-electron chi connectivity index (χ3n) is 7.05. The highest BCUT2D eigenvalue weighted by Crippen LogP contribution is 2.47. The molecule has 180 valence electrons. The molecule has 1 saturated heterocycles. The summed E-state index contributed by atoms with van der Waals surface area (Å²) in [6, 6.07) is 8.34. The van der Waals surface area contributed by atoms with E-state index in [1.54, 1.807) is 29.2 Å². The van der Waals surface area contributed by atoms with Gasteiger partial charge in [-0.15, -0.1) is 0 Å². The largest absolute Gasteiger partial charge is 0.477 e. The second-order valence-corrected chi connectivity index (χ2v) is 10.1. The summed E-state index contributed by atoms with van der Waals surface area (Å²) in [5, 5.41) is 14.3. The number of carboxylic acid groups (broad SMARTS) is 1. The number of anilines is 1. The Labute approximate surface area is 210 Å². The van der Waals surface area contributed by atoms with Gasteiger partial charge in [-0.05, 0) is 49.9 Å². The van der Waals surface area contributed by atoms with Crippen LogP contribution in [0.2, 0.25) is 10.0 Å². The molecule has 10 heteroatoms. The van der Waals surface area contributed by atoms with Crippen molar-refractivity contribution < 1.29 is 24.0 Å². The molecule has 3 aliphatic rings. The number of hydrogen-bond donors (Lipinski definition) is 1. The molecule has 8 nitrogen and oxygen atoms in total. The van der Waals surface area contributed by atoms with Gasteiger partial charge in [-0.2, -0.15) is 0 Å². The van der Waals surface area contributed by atoms with Crippen molar-refractivity contribution in [2.75, 3.05) is 4.90 Å². The Hall–Kier alpha value is -2.94. The van der Waals surface area contributed by atoms with Crippen molar-refractivity contribution in [2.24, 2.45) is 5.92 Å². The van der Waals surface area contributed by atoms with Crippen LogP contribution >= 0.6 is 23.2 Å². The molecule has 3 fully saturated rings. The summed E-state index contributed by atoms with van der Waals surface area (Å²) in [6.07, 6.45) is 4.65. The number of benzene rings is 1. The van der Waals surface area contributed by atoms with Crippen LogP contribution in [0, 0.1) is 5.92 Å². The third kappa shape index (κ3) is 3.90. The summed E-state index contributed by atoms with van der Waals surface area (Å²) in [6.45, 7) is 0.252. The van der Waals surface area contributed by atoms with Gasteiger partial charge in [-0.1, -0.05) is 34.4 Å². The molecule has 0 unspecified atom stereocenters. The van der Waals surface area contributed by atoms with Crippen molar-refractivity contribution in [2.45, 2.75) is 50.4 Å². The van der Waals surface area contributed by atoms with Gasteiger partial charge in [0.05, 0.1) is 40.6 Å². The van der Waals surface area contributed by atoms with Gasteiger partial charge in [-0.3, -0.25) is 4.79 Å². The molecule has 2 aliphatic carbocycles. The van der Waals surface area contributed by atoms with Crippen molar-refractivity contribution >= 4 is 40.8 Å². The molecular weight excluding hydrogens is 493 g/mol. The first kappa shape index (κ1) is 22.5. The van der Waals surface area contributed by atoms with E-state index in [9.17, 15) is 9.59 Å². The number of rotatable bonds is 7. The van der Waals surface area contributed by atoms with Crippen LogP contribution in [0.3, 0.4) is 0 Å². The molecule has 3 heterocycles. The average Bonchev–Trinajstić information content (AvgIpc) is 3.34. The minimum atomic E-state index is -1.10. The maximum Gasteiger partial charge on any atom is 0.354 e. The van der Waals surface area contributed by atoms with Crippen LogP contribution in [0.15, 0.2) is 41.1 Å². The Morgan fingerprint density at radius 1 is 1.17 bits per heavy atom. The highest BCUT2D eigenvalue weighted by atomic mass is 35.5. The fourth-order valence-corrected chi connectivity index (χ4v) is 5.80. The summed E-state index contributed by atoms with van der Waals surface area (Å²) in [7, 11) is 0. The van der Waals surface area contributed by atoms with Crippen LogP contribution in [0.1, 0.15) is 53.4 Å². The number of hydrogen-bond acceptors (Lipinski definition) is 6. The van der Waals surface area contributed by atoms with Gasteiger partial charge in [0.1, 0.15) is 17.1 Å². The molecule has 3 aromatic rings. The van der Waals surface area contributed by atoms with Crippen molar-refractivity contribution in [3.63, 3.8) is 0 Å². The molecule has 2 aromatic heterocycles. The number of halogens is 2. The Morgan fingerprint density at radius 2 is 1.94 bits per heavy atom. The van der Waals surface area contributed by atoms with E-state index in [1.807, 2.05) is 0 Å². The maximum atomic E-state index is 13.2. The number of carboxylic acids is 1. The van der Waals surface area contributed by atoms with Crippen LogP contribution in [-0.2, 0) is 16.1 Å². The zero-order chi connectivity index (χ0) is 24.3. The van der Waals surface area contributed by atoms with Crippen molar-refractivity contribution in [1.82, 2.24) is 10.1 Å². The molecule has 1 amide bonds. The van der Waals surface area contributed by atoms with E-state index in [4.69, 9.17) is 37.6 Å². The lowest BCUT2D eigenvalue weighted by Crippen LogP contribution is -2.43. The summed E-state index contributed by atoms with van der Waals surface area (Å²) in [5.74, 6) is -0.281. The van der Waals surface area contributed by atoms with Gasteiger partial charge in [0.15, 0.2) is 0 Å². The summed E-state index contributed by atoms with van der Waals surface area (Å²) >= 11 is 12.9. The van der Waals surface area contributed by atoms with Gasteiger partial charge in [0, 0.05) is 23.1 Å². The summed E-state index contributed by atoms with van der Waals surface area (Å²) < 4.78 is 12.0. The lowest BCUT2D eigenvalue weighted by Gasteiger charge is -2.31. The SMILES string of the molecule is O=C(O)c1ccc(N2C(=O)[C@@H]3C[C@H]2C[C@H]3OCc2c(-c3c(Cl)cccc3Cl)noc2C2CC2)cn1. The molecule has 1 aromatic carbocycles. The van der Waals surface area contributed by atoms with E-state index in [0.717, 1.165) is 24.2 Å². The minimum absolute atomic E-state index is 0.0159. The van der Waals surface area contributed by atoms with Crippen LogP contribution in [0.25, 0.3) is 11.3 Å². The number of carbonyl (C=O) groups excluding carboxylic acids is 1. The first-order valence-corrected chi connectivity index (χ1v) is 12.2. The first-order valence-electron chi connectivity index (χ1n) is 11.5. The highest BCUT2D eigenvalue weighted by molar-refractivity contribution is 6.39. The molecule has 2 bridgehead atoms. The topological polar surface area (TPSA) is 106 Å².